The van der Waals surface area contributed by atoms with Gasteiger partial charge >= 0.3 is 0 Å². The minimum atomic E-state index is 0. The summed E-state index contributed by atoms with van der Waals surface area (Å²) < 4.78 is 0. The molecule has 3 atom stereocenters. The van der Waals surface area contributed by atoms with E-state index in [4.69, 9.17) is 5.73 Å². The highest BCUT2D eigenvalue weighted by Gasteiger charge is 2.28. The number of hydrogen-bond donors (Lipinski definition) is 1. The number of aromatic nitrogens is 1. The van der Waals surface area contributed by atoms with Crippen LogP contribution in [0.4, 0.5) is 0 Å². The second kappa shape index (κ2) is 7.95. The summed E-state index contributed by atoms with van der Waals surface area (Å²) in [5.74, 6) is 0.645. The van der Waals surface area contributed by atoms with Gasteiger partial charge in [-0.15, -0.1) is 24.8 Å². The molecule has 0 aliphatic carbocycles. The lowest BCUT2D eigenvalue weighted by molar-refractivity contribution is 0.244. The Kier molecular flexibility index (Phi) is 7.79. The monoisotopic (exact) mass is 291 g/mol. The maximum absolute atomic E-state index is 5.96. The molecule has 1 aromatic heterocycles. The fourth-order valence-corrected chi connectivity index (χ4v) is 2.41. The van der Waals surface area contributed by atoms with Crippen LogP contribution in [0.3, 0.4) is 0 Å². The number of nitrogens with two attached hydrogens (primary N) is 1. The van der Waals surface area contributed by atoms with E-state index in [2.05, 4.69) is 35.9 Å². The fraction of sp³-hybridized carbons (Fsp3) is 0.615. The number of nitrogens with zero attached hydrogens (tertiary/aromatic N) is 2. The SMILES string of the molecule is CC(N)C1CCN(C(C)c2ccccn2)C1.Cl.Cl. The summed E-state index contributed by atoms with van der Waals surface area (Å²) in [6.45, 7) is 6.59. The summed E-state index contributed by atoms with van der Waals surface area (Å²) in [6, 6.07) is 6.83. The van der Waals surface area contributed by atoms with Crippen molar-refractivity contribution in [1.82, 2.24) is 9.88 Å². The molecule has 2 heterocycles. The second-order valence-corrected chi connectivity index (χ2v) is 4.83. The standard InChI is InChI=1S/C13H21N3.2ClH/c1-10(14)12-6-8-16(9-12)11(2)13-5-3-4-7-15-13;;/h3-5,7,10-12H,6,8-9,14H2,1-2H3;2*1H. The summed E-state index contributed by atoms with van der Waals surface area (Å²) in [4.78, 5) is 6.90. The quantitative estimate of drug-likeness (QED) is 0.931. The Morgan fingerprint density at radius 1 is 1.33 bits per heavy atom. The zero-order valence-corrected chi connectivity index (χ0v) is 12.6. The first kappa shape index (κ1) is 17.6. The lowest BCUT2D eigenvalue weighted by atomic mass is 10.0. The zero-order valence-electron chi connectivity index (χ0n) is 11.0. The van der Waals surface area contributed by atoms with E-state index in [0.717, 1.165) is 18.8 Å². The van der Waals surface area contributed by atoms with Crippen LogP contribution in [0.5, 0.6) is 0 Å². The van der Waals surface area contributed by atoms with Crippen molar-refractivity contribution in [3.05, 3.63) is 30.1 Å². The van der Waals surface area contributed by atoms with Crippen LogP contribution in [0.15, 0.2) is 24.4 Å². The van der Waals surface area contributed by atoms with Crippen molar-refractivity contribution in [2.45, 2.75) is 32.4 Å². The van der Waals surface area contributed by atoms with Gasteiger partial charge in [0.1, 0.15) is 0 Å². The first-order chi connectivity index (χ1) is 7.68. The van der Waals surface area contributed by atoms with E-state index in [0.29, 0.717) is 18.0 Å². The van der Waals surface area contributed by atoms with Crippen LogP contribution in [-0.4, -0.2) is 29.0 Å². The fourth-order valence-electron chi connectivity index (χ4n) is 2.41. The Bertz CT molecular complexity index is 332. The number of pyridine rings is 1. The molecular weight excluding hydrogens is 269 g/mol. The molecule has 0 amide bonds. The number of likely N-dealkylation sites (tertiary alicyclic amines) is 1. The van der Waals surface area contributed by atoms with Gasteiger partial charge in [0.25, 0.3) is 0 Å². The smallest absolute Gasteiger partial charge is 0.0572 e. The molecule has 0 radical (unpaired) electrons. The van der Waals surface area contributed by atoms with Crippen LogP contribution in [0.1, 0.15) is 32.0 Å². The van der Waals surface area contributed by atoms with Gasteiger partial charge in [0.2, 0.25) is 0 Å². The maximum atomic E-state index is 5.96. The van der Waals surface area contributed by atoms with Crippen molar-refractivity contribution in [2.24, 2.45) is 11.7 Å². The Balaban J connectivity index is 0.00000144. The van der Waals surface area contributed by atoms with Crippen LogP contribution >= 0.6 is 24.8 Å². The Morgan fingerprint density at radius 2 is 2.06 bits per heavy atom. The molecule has 2 rings (SSSR count). The van der Waals surface area contributed by atoms with Crippen LogP contribution in [0.2, 0.25) is 0 Å². The average molecular weight is 292 g/mol. The van der Waals surface area contributed by atoms with Crippen LogP contribution < -0.4 is 5.73 Å². The highest BCUT2D eigenvalue weighted by Crippen LogP contribution is 2.27. The van der Waals surface area contributed by atoms with Gasteiger partial charge in [-0.1, -0.05) is 6.07 Å². The third-order valence-corrected chi connectivity index (χ3v) is 3.66. The molecule has 0 spiro atoms. The Morgan fingerprint density at radius 3 is 2.56 bits per heavy atom. The van der Waals surface area contributed by atoms with E-state index in [-0.39, 0.29) is 24.8 Å². The van der Waals surface area contributed by atoms with Gasteiger partial charge in [-0.05, 0) is 44.9 Å². The molecule has 0 saturated carbocycles. The largest absolute Gasteiger partial charge is 0.328 e. The lowest BCUT2D eigenvalue weighted by Gasteiger charge is -2.24. The van der Waals surface area contributed by atoms with E-state index in [1.165, 1.54) is 6.42 Å². The highest BCUT2D eigenvalue weighted by atomic mass is 35.5. The highest BCUT2D eigenvalue weighted by molar-refractivity contribution is 5.85. The first-order valence-electron chi connectivity index (χ1n) is 6.09. The topological polar surface area (TPSA) is 42.1 Å². The van der Waals surface area contributed by atoms with Gasteiger partial charge in [0.15, 0.2) is 0 Å². The van der Waals surface area contributed by atoms with Crippen LogP contribution in [0, 0.1) is 5.92 Å². The molecule has 1 aliphatic heterocycles. The normalized spacial score (nSPS) is 22.7. The van der Waals surface area contributed by atoms with Crippen molar-refractivity contribution in [2.75, 3.05) is 13.1 Å². The molecule has 3 nitrogen and oxygen atoms in total. The van der Waals surface area contributed by atoms with Crippen molar-refractivity contribution in [1.29, 1.82) is 0 Å². The lowest BCUT2D eigenvalue weighted by Crippen LogP contribution is -2.31. The number of rotatable bonds is 3. The summed E-state index contributed by atoms with van der Waals surface area (Å²) in [6.07, 6.45) is 3.08. The molecule has 1 aliphatic rings. The zero-order chi connectivity index (χ0) is 11.5. The molecule has 104 valence electrons. The van der Waals surface area contributed by atoms with Crippen LogP contribution in [0.25, 0.3) is 0 Å². The Hall–Kier alpha value is -0.350. The number of hydrogen-bond acceptors (Lipinski definition) is 3. The third-order valence-electron chi connectivity index (χ3n) is 3.66. The van der Waals surface area contributed by atoms with Crippen molar-refractivity contribution >= 4 is 24.8 Å². The predicted molar refractivity (Wildman–Crippen MR) is 80.5 cm³/mol. The van der Waals surface area contributed by atoms with Gasteiger partial charge in [-0.3, -0.25) is 9.88 Å². The average Bonchev–Trinajstić information content (AvgIpc) is 2.78. The molecule has 1 saturated heterocycles. The van der Waals surface area contributed by atoms with Crippen molar-refractivity contribution in [3.8, 4) is 0 Å². The first-order valence-corrected chi connectivity index (χ1v) is 6.09. The molecule has 0 bridgehead atoms. The van der Waals surface area contributed by atoms with E-state index < -0.39 is 0 Å². The van der Waals surface area contributed by atoms with Gasteiger partial charge in [0, 0.05) is 24.8 Å². The van der Waals surface area contributed by atoms with E-state index in [9.17, 15) is 0 Å². The molecule has 5 heteroatoms. The minimum Gasteiger partial charge on any atom is -0.328 e. The molecule has 1 aromatic rings. The molecule has 3 unspecified atom stereocenters. The maximum Gasteiger partial charge on any atom is 0.0572 e. The van der Waals surface area contributed by atoms with Gasteiger partial charge in [-0.25, -0.2) is 0 Å². The summed E-state index contributed by atoms with van der Waals surface area (Å²) in [7, 11) is 0. The van der Waals surface area contributed by atoms with Crippen molar-refractivity contribution in [3.63, 3.8) is 0 Å². The van der Waals surface area contributed by atoms with E-state index in [1.807, 2.05) is 12.3 Å². The molecular formula is C13H23Cl2N3. The summed E-state index contributed by atoms with van der Waals surface area (Å²) in [5.41, 5.74) is 7.12. The summed E-state index contributed by atoms with van der Waals surface area (Å²) >= 11 is 0. The Labute approximate surface area is 122 Å². The van der Waals surface area contributed by atoms with Gasteiger partial charge in [0.05, 0.1) is 5.69 Å². The van der Waals surface area contributed by atoms with Gasteiger partial charge in [-0.2, -0.15) is 0 Å². The van der Waals surface area contributed by atoms with Crippen LogP contribution in [-0.2, 0) is 0 Å². The minimum absolute atomic E-state index is 0. The third kappa shape index (κ3) is 4.09. The summed E-state index contributed by atoms with van der Waals surface area (Å²) in [5, 5.41) is 0. The predicted octanol–water partition coefficient (Wildman–Crippen LogP) is 2.66. The van der Waals surface area contributed by atoms with E-state index >= 15 is 0 Å². The second-order valence-electron chi connectivity index (χ2n) is 4.83. The molecule has 18 heavy (non-hydrogen) atoms. The van der Waals surface area contributed by atoms with E-state index in [1.54, 1.807) is 0 Å². The molecule has 1 fully saturated rings. The van der Waals surface area contributed by atoms with Crippen molar-refractivity contribution < 1.29 is 0 Å². The molecule has 0 aromatic carbocycles. The number of halogens is 2. The molecule has 2 N–H and O–H groups in total. The van der Waals surface area contributed by atoms with Gasteiger partial charge < -0.3 is 5.73 Å².